The lowest BCUT2D eigenvalue weighted by Crippen LogP contribution is -2.37. The zero-order valence-electron chi connectivity index (χ0n) is 62.3. The molecule has 0 rings (SSSR count). The van der Waals surface area contributed by atoms with Crippen molar-refractivity contribution in [2.24, 2.45) is 0 Å². The van der Waals surface area contributed by atoms with Gasteiger partial charge >= 0.3 is 11.9 Å². The standard InChI is InChI=1S/C86H144NO8P/c1-6-8-10-12-14-16-18-20-22-24-26-28-30-32-34-36-38-40-42-43-45-46-48-50-52-54-56-58-60-62-64-66-68-70-72-74-76-78-85(88)92-82-84(83-94-96(90,91)93-81-80-87(3,4)5)95-86(89)79-77-75-73-71-69-67-65-63-61-59-57-55-53-51-49-47-44-41-39-37-35-33-31-29-27-25-23-21-19-17-15-13-11-9-7-2/h8-11,14-17,20-23,26-29,33,35,39,41,47,49,53,55,59,61,65,67,84H,6-7,12-13,18-19,24-25,30-32,34,36-38,40,42-46,48,50-52,54,56-58,60,62-64,66,68-83H2,1-5H3/b10-8-,11-9-,16-14-,17-15-,22-20-,23-21-,28-26-,29-27-,35-33-,41-39-,49-47-,55-53-,61-59-,67-65-. The summed E-state index contributed by atoms with van der Waals surface area (Å²) >= 11 is 0. The molecule has 0 aromatic heterocycles. The minimum Gasteiger partial charge on any atom is -0.756 e. The molecule has 0 saturated carbocycles. The largest absolute Gasteiger partial charge is 0.756 e. The zero-order valence-corrected chi connectivity index (χ0v) is 63.2. The molecule has 9 nitrogen and oxygen atoms in total. The summed E-state index contributed by atoms with van der Waals surface area (Å²) in [6, 6.07) is 0. The first-order valence-electron chi connectivity index (χ1n) is 38.8. The fourth-order valence-electron chi connectivity index (χ4n) is 10.4. The second kappa shape index (κ2) is 74.6. The van der Waals surface area contributed by atoms with E-state index >= 15 is 0 Å². The molecule has 0 aliphatic rings. The van der Waals surface area contributed by atoms with Gasteiger partial charge in [-0.3, -0.25) is 14.2 Å². The maximum atomic E-state index is 12.9. The molecule has 10 heteroatoms. The van der Waals surface area contributed by atoms with E-state index in [0.29, 0.717) is 17.4 Å². The summed E-state index contributed by atoms with van der Waals surface area (Å²) in [5.74, 6) is -0.863. The van der Waals surface area contributed by atoms with Crippen LogP contribution in [0.4, 0.5) is 0 Å². The van der Waals surface area contributed by atoms with E-state index in [9.17, 15) is 19.0 Å². The average molecular weight is 1350 g/mol. The number of nitrogens with zero attached hydrogens (tertiary/aromatic N) is 1. The van der Waals surface area contributed by atoms with Crippen LogP contribution in [0.1, 0.15) is 309 Å². The van der Waals surface area contributed by atoms with Gasteiger partial charge in [0, 0.05) is 12.8 Å². The predicted octanol–water partition coefficient (Wildman–Crippen LogP) is 25.4. The molecular weight excluding hydrogens is 1210 g/mol. The molecule has 0 aliphatic heterocycles. The van der Waals surface area contributed by atoms with Crippen LogP contribution < -0.4 is 4.89 Å². The maximum Gasteiger partial charge on any atom is 0.306 e. The highest BCUT2D eigenvalue weighted by molar-refractivity contribution is 7.45. The number of rotatable bonds is 70. The number of hydrogen-bond donors (Lipinski definition) is 0. The topological polar surface area (TPSA) is 111 Å². The van der Waals surface area contributed by atoms with Crippen LogP contribution in [0, 0.1) is 0 Å². The third kappa shape index (κ3) is 78.4. The number of allylic oxidation sites excluding steroid dienone is 28. The summed E-state index contributed by atoms with van der Waals surface area (Å²) in [6.07, 6.45) is 113. The molecule has 0 radical (unpaired) electrons. The summed E-state index contributed by atoms with van der Waals surface area (Å²) < 4.78 is 34.3. The molecule has 0 bridgehead atoms. The van der Waals surface area contributed by atoms with Crippen molar-refractivity contribution in [3.63, 3.8) is 0 Å². The third-order valence-corrected chi connectivity index (χ3v) is 17.2. The van der Waals surface area contributed by atoms with E-state index in [0.717, 1.165) is 135 Å². The Morgan fingerprint density at radius 3 is 0.833 bits per heavy atom. The number of quaternary nitrogens is 1. The second-order valence-electron chi connectivity index (χ2n) is 26.6. The van der Waals surface area contributed by atoms with Gasteiger partial charge in [-0.15, -0.1) is 0 Å². The van der Waals surface area contributed by atoms with Crippen molar-refractivity contribution in [3.8, 4) is 0 Å². The van der Waals surface area contributed by atoms with Crippen LogP contribution in [-0.2, 0) is 32.7 Å². The van der Waals surface area contributed by atoms with Gasteiger partial charge in [0.15, 0.2) is 6.10 Å². The number of carbonyl (C=O) groups is 2. The molecule has 96 heavy (non-hydrogen) atoms. The smallest absolute Gasteiger partial charge is 0.306 e. The predicted molar refractivity (Wildman–Crippen MR) is 415 cm³/mol. The van der Waals surface area contributed by atoms with Gasteiger partial charge in [-0.2, -0.15) is 0 Å². The van der Waals surface area contributed by atoms with Gasteiger partial charge in [0.25, 0.3) is 7.82 Å². The van der Waals surface area contributed by atoms with E-state index in [2.05, 4.69) is 184 Å². The van der Waals surface area contributed by atoms with Crippen LogP contribution in [0.5, 0.6) is 0 Å². The number of phosphoric ester groups is 1. The van der Waals surface area contributed by atoms with Gasteiger partial charge in [-0.1, -0.05) is 338 Å². The van der Waals surface area contributed by atoms with E-state index in [1.54, 1.807) is 0 Å². The Kier molecular flexibility index (Phi) is 71.0. The molecule has 0 amide bonds. The fourth-order valence-corrected chi connectivity index (χ4v) is 11.1. The van der Waals surface area contributed by atoms with Gasteiger partial charge in [0.1, 0.15) is 19.8 Å². The number of phosphoric acid groups is 1. The Morgan fingerprint density at radius 2 is 0.562 bits per heavy atom. The highest BCUT2D eigenvalue weighted by Gasteiger charge is 2.22. The normalized spacial score (nSPS) is 14.0. The van der Waals surface area contributed by atoms with E-state index in [1.807, 2.05) is 21.1 Å². The van der Waals surface area contributed by atoms with Crippen LogP contribution in [0.25, 0.3) is 0 Å². The van der Waals surface area contributed by atoms with Gasteiger partial charge < -0.3 is 27.9 Å². The van der Waals surface area contributed by atoms with Crippen LogP contribution in [0.3, 0.4) is 0 Å². The molecule has 0 fully saturated rings. The minimum absolute atomic E-state index is 0.0432. The van der Waals surface area contributed by atoms with Crippen LogP contribution in [-0.4, -0.2) is 70.0 Å². The number of esters is 2. The van der Waals surface area contributed by atoms with Crippen molar-refractivity contribution in [2.75, 3.05) is 47.5 Å². The van der Waals surface area contributed by atoms with Crippen LogP contribution >= 0.6 is 7.82 Å². The van der Waals surface area contributed by atoms with E-state index in [4.69, 9.17) is 18.5 Å². The zero-order chi connectivity index (χ0) is 69.7. The second-order valence-corrected chi connectivity index (χ2v) is 28.0. The first-order valence-corrected chi connectivity index (χ1v) is 40.3. The number of ether oxygens (including phenoxy) is 2. The summed E-state index contributed by atoms with van der Waals surface area (Å²) in [4.78, 5) is 38.2. The summed E-state index contributed by atoms with van der Waals surface area (Å²) in [5, 5.41) is 0. The third-order valence-electron chi connectivity index (χ3n) is 16.2. The van der Waals surface area contributed by atoms with Gasteiger partial charge in [0.05, 0.1) is 27.7 Å². The number of likely N-dealkylation sites (N-methyl/N-ethyl adjacent to an activating group) is 1. The quantitative estimate of drug-likeness (QED) is 0.0195. The molecule has 2 unspecified atom stereocenters. The van der Waals surface area contributed by atoms with Crippen molar-refractivity contribution in [3.05, 3.63) is 170 Å². The SMILES string of the molecule is CC/C=C\C/C=C\C/C=C\C/C=C\C/C=C\C/C=C\C/C=C\C/C=C\C/C=C\C/C=C\CCCCCCC(=O)OC(COC(=O)CCCCCCCCCCCCCCCCCCCCCCCCCC/C=C\C/C=C\C/C=C\C/C=C\CC)COP(=O)([O-])OCC[N+](C)(C)C. The Labute approximate surface area is 591 Å². The van der Waals surface area contributed by atoms with Crippen LogP contribution in [0.15, 0.2) is 170 Å². The van der Waals surface area contributed by atoms with Crippen molar-refractivity contribution < 1.29 is 42.1 Å². The number of hydrogen-bond acceptors (Lipinski definition) is 8. The van der Waals surface area contributed by atoms with E-state index in [1.165, 1.54) is 141 Å². The van der Waals surface area contributed by atoms with Gasteiger partial charge in [0.2, 0.25) is 0 Å². The van der Waals surface area contributed by atoms with E-state index < -0.39 is 32.5 Å². The van der Waals surface area contributed by atoms with Crippen LogP contribution in [0.2, 0.25) is 0 Å². The Hall–Kier alpha value is -4.63. The van der Waals surface area contributed by atoms with Crippen molar-refractivity contribution in [1.82, 2.24) is 0 Å². The summed E-state index contributed by atoms with van der Waals surface area (Å²) in [7, 11) is 1.14. The molecule has 0 spiro atoms. The molecule has 0 N–H and O–H groups in total. The molecule has 0 aliphatic carbocycles. The van der Waals surface area contributed by atoms with Gasteiger partial charge in [-0.05, 0) is 128 Å². The van der Waals surface area contributed by atoms with Crippen molar-refractivity contribution in [1.29, 1.82) is 0 Å². The lowest BCUT2D eigenvalue weighted by Gasteiger charge is -2.28. The number of unbranched alkanes of at least 4 members (excludes halogenated alkanes) is 28. The lowest BCUT2D eigenvalue weighted by molar-refractivity contribution is -0.870. The number of carbonyl (C=O) groups excluding carboxylic acids is 2. The maximum absolute atomic E-state index is 12.9. The average Bonchev–Trinajstić information content (AvgIpc) is 2.74. The van der Waals surface area contributed by atoms with Gasteiger partial charge in [-0.25, -0.2) is 0 Å². The minimum atomic E-state index is -4.66. The molecule has 0 saturated heterocycles. The fraction of sp³-hybridized carbons (Fsp3) is 0.651. The molecule has 0 aromatic carbocycles. The highest BCUT2D eigenvalue weighted by atomic mass is 31.2. The Balaban J connectivity index is 4.07. The lowest BCUT2D eigenvalue weighted by atomic mass is 10.0. The molecule has 0 heterocycles. The summed E-state index contributed by atoms with van der Waals surface area (Å²) in [5.41, 5.74) is 0. The van der Waals surface area contributed by atoms with Crippen molar-refractivity contribution >= 4 is 19.8 Å². The molecule has 2 atom stereocenters. The highest BCUT2D eigenvalue weighted by Crippen LogP contribution is 2.38. The first-order chi connectivity index (χ1) is 47.0. The summed E-state index contributed by atoms with van der Waals surface area (Å²) in [6.45, 7) is 3.99. The van der Waals surface area contributed by atoms with Crippen molar-refractivity contribution in [2.45, 2.75) is 315 Å². The molecular formula is C86H144NO8P. The van der Waals surface area contributed by atoms with E-state index in [-0.39, 0.29) is 26.1 Å². The first kappa shape index (κ1) is 91.4. The molecule has 0 aromatic rings. The molecule has 546 valence electrons. The Morgan fingerprint density at radius 1 is 0.323 bits per heavy atom. The monoisotopic (exact) mass is 1350 g/mol. The Bertz CT molecular complexity index is 2230.